The third kappa shape index (κ3) is 2.61. The van der Waals surface area contributed by atoms with Crippen molar-refractivity contribution >= 4 is 23.4 Å². The number of halogens is 1. The molecule has 2 unspecified atom stereocenters. The first-order chi connectivity index (χ1) is 10.1. The predicted octanol–water partition coefficient (Wildman–Crippen LogP) is 1.65. The summed E-state index contributed by atoms with van der Waals surface area (Å²) < 4.78 is 5.83. The number of amides is 1. The van der Waals surface area contributed by atoms with Crippen LogP contribution in [0.4, 0.5) is 10.5 Å². The highest BCUT2D eigenvalue weighted by molar-refractivity contribution is 6.32. The first-order valence-electron chi connectivity index (χ1n) is 6.90. The minimum absolute atomic E-state index is 0.0216. The van der Waals surface area contributed by atoms with Gasteiger partial charge in [0.1, 0.15) is 6.10 Å². The largest absolute Gasteiger partial charge is 0.484 e. The van der Waals surface area contributed by atoms with Crippen LogP contribution in [0.1, 0.15) is 6.42 Å². The maximum atomic E-state index is 11.2. The Labute approximate surface area is 127 Å². The molecule has 1 amide bonds. The lowest BCUT2D eigenvalue weighted by Crippen LogP contribution is -2.55. The minimum Gasteiger partial charge on any atom is -0.484 e. The SMILES string of the molecule is O=C(O)N1CCN2c3cccc(Cl)c3OC(CO)CC2C1. The van der Waals surface area contributed by atoms with E-state index in [9.17, 15) is 9.90 Å². The number of aliphatic hydroxyl groups excluding tert-OH is 1. The van der Waals surface area contributed by atoms with Gasteiger partial charge in [-0.1, -0.05) is 17.7 Å². The highest BCUT2D eigenvalue weighted by Gasteiger charge is 2.36. The standard InChI is InChI=1S/C14H17ClN2O4/c15-11-2-1-3-12-13(11)21-10(8-18)6-9-7-16(14(19)20)4-5-17(9)12/h1-3,9-10,18H,4-8H2,(H,19,20). The summed E-state index contributed by atoms with van der Waals surface area (Å²) in [5, 5.41) is 19.2. The van der Waals surface area contributed by atoms with E-state index in [0.717, 1.165) is 5.69 Å². The highest BCUT2D eigenvalue weighted by atomic mass is 35.5. The van der Waals surface area contributed by atoms with Crippen molar-refractivity contribution in [1.29, 1.82) is 0 Å². The second-order valence-corrected chi connectivity index (χ2v) is 5.73. The van der Waals surface area contributed by atoms with Gasteiger partial charge >= 0.3 is 6.09 Å². The normalized spacial score (nSPS) is 24.7. The Morgan fingerprint density at radius 2 is 2.24 bits per heavy atom. The molecule has 0 bridgehead atoms. The van der Waals surface area contributed by atoms with Gasteiger partial charge in [0.25, 0.3) is 0 Å². The molecule has 1 aromatic rings. The Kier molecular flexibility index (Phi) is 3.82. The van der Waals surface area contributed by atoms with Crippen LogP contribution in [0.3, 0.4) is 0 Å². The van der Waals surface area contributed by atoms with Gasteiger partial charge in [0.15, 0.2) is 5.75 Å². The zero-order chi connectivity index (χ0) is 15.0. The summed E-state index contributed by atoms with van der Waals surface area (Å²) in [6, 6.07) is 5.50. The fourth-order valence-electron chi connectivity index (χ4n) is 3.02. The van der Waals surface area contributed by atoms with E-state index in [2.05, 4.69) is 4.90 Å². The number of anilines is 1. The molecule has 0 spiro atoms. The third-order valence-corrected chi connectivity index (χ3v) is 4.33. The number of nitrogens with zero attached hydrogens (tertiary/aromatic N) is 2. The number of rotatable bonds is 1. The Bertz CT molecular complexity index is 554. The van der Waals surface area contributed by atoms with Crippen molar-refractivity contribution < 1.29 is 19.7 Å². The second-order valence-electron chi connectivity index (χ2n) is 5.32. The summed E-state index contributed by atoms with van der Waals surface area (Å²) in [7, 11) is 0. The first kappa shape index (κ1) is 14.3. The maximum absolute atomic E-state index is 11.2. The molecule has 2 aliphatic heterocycles. The molecule has 114 valence electrons. The number of hydrogen-bond acceptors (Lipinski definition) is 4. The van der Waals surface area contributed by atoms with E-state index in [1.54, 1.807) is 6.07 Å². The van der Waals surface area contributed by atoms with Crippen LogP contribution in [0.5, 0.6) is 5.75 Å². The molecular weight excluding hydrogens is 296 g/mol. The van der Waals surface area contributed by atoms with Gasteiger partial charge in [0.2, 0.25) is 0 Å². The molecule has 0 saturated carbocycles. The average molecular weight is 313 g/mol. The van der Waals surface area contributed by atoms with Gasteiger partial charge in [-0.15, -0.1) is 0 Å². The van der Waals surface area contributed by atoms with Crippen LogP contribution in [-0.4, -0.2) is 59.6 Å². The second kappa shape index (κ2) is 5.61. The van der Waals surface area contributed by atoms with Gasteiger partial charge in [-0.25, -0.2) is 4.79 Å². The molecule has 0 aromatic heterocycles. The predicted molar refractivity (Wildman–Crippen MR) is 78.3 cm³/mol. The Hall–Kier alpha value is -1.66. The molecule has 0 aliphatic carbocycles. The van der Waals surface area contributed by atoms with E-state index >= 15 is 0 Å². The zero-order valence-electron chi connectivity index (χ0n) is 11.4. The van der Waals surface area contributed by atoms with Crippen molar-refractivity contribution in [3.05, 3.63) is 23.2 Å². The van der Waals surface area contributed by atoms with Gasteiger partial charge in [-0.3, -0.25) is 0 Å². The highest BCUT2D eigenvalue weighted by Crippen LogP contribution is 2.41. The van der Waals surface area contributed by atoms with Crippen LogP contribution in [0.2, 0.25) is 5.02 Å². The monoisotopic (exact) mass is 312 g/mol. The van der Waals surface area contributed by atoms with E-state index in [-0.39, 0.29) is 18.8 Å². The molecule has 1 saturated heterocycles. The number of carboxylic acid groups (broad SMARTS) is 1. The minimum atomic E-state index is -0.910. The van der Waals surface area contributed by atoms with Gasteiger partial charge in [0.05, 0.1) is 23.4 Å². The fraction of sp³-hybridized carbons (Fsp3) is 0.500. The first-order valence-corrected chi connectivity index (χ1v) is 7.28. The number of benzene rings is 1. The average Bonchev–Trinajstić information content (AvgIpc) is 2.64. The summed E-state index contributed by atoms with van der Waals surface area (Å²) in [6.45, 7) is 1.32. The summed E-state index contributed by atoms with van der Waals surface area (Å²) in [5.41, 5.74) is 0.869. The number of ether oxygens (including phenoxy) is 1. The molecule has 2 heterocycles. The fourth-order valence-corrected chi connectivity index (χ4v) is 3.23. The lowest BCUT2D eigenvalue weighted by atomic mass is 10.0. The van der Waals surface area contributed by atoms with Crippen molar-refractivity contribution in [2.24, 2.45) is 0 Å². The lowest BCUT2D eigenvalue weighted by molar-refractivity contribution is 0.0960. The number of carbonyl (C=O) groups is 1. The van der Waals surface area contributed by atoms with Crippen molar-refractivity contribution in [1.82, 2.24) is 4.90 Å². The lowest BCUT2D eigenvalue weighted by Gasteiger charge is -2.41. The summed E-state index contributed by atoms with van der Waals surface area (Å²) >= 11 is 6.21. The van der Waals surface area contributed by atoms with Gasteiger partial charge in [-0.05, 0) is 12.1 Å². The molecular formula is C14H17ClN2O4. The molecule has 6 nitrogen and oxygen atoms in total. The van der Waals surface area contributed by atoms with E-state index in [1.165, 1.54) is 4.90 Å². The quantitative estimate of drug-likeness (QED) is 0.825. The van der Waals surface area contributed by atoms with E-state index in [4.69, 9.17) is 21.4 Å². The third-order valence-electron chi connectivity index (χ3n) is 4.03. The zero-order valence-corrected chi connectivity index (χ0v) is 12.2. The van der Waals surface area contributed by atoms with E-state index in [1.807, 2.05) is 12.1 Å². The van der Waals surface area contributed by atoms with Crippen molar-refractivity contribution in [3.8, 4) is 5.75 Å². The Morgan fingerprint density at radius 1 is 1.43 bits per heavy atom. The van der Waals surface area contributed by atoms with Gasteiger partial charge in [0, 0.05) is 26.1 Å². The van der Waals surface area contributed by atoms with Crippen molar-refractivity contribution in [2.75, 3.05) is 31.1 Å². The van der Waals surface area contributed by atoms with E-state index in [0.29, 0.717) is 36.8 Å². The van der Waals surface area contributed by atoms with Crippen LogP contribution in [0, 0.1) is 0 Å². The summed E-state index contributed by atoms with van der Waals surface area (Å²) in [5.74, 6) is 0.574. The smallest absolute Gasteiger partial charge is 0.407 e. The Balaban J connectivity index is 1.96. The molecule has 2 aliphatic rings. The molecule has 1 fully saturated rings. The van der Waals surface area contributed by atoms with Crippen LogP contribution >= 0.6 is 11.6 Å². The number of aliphatic hydroxyl groups is 1. The molecule has 21 heavy (non-hydrogen) atoms. The topological polar surface area (TPSA) is 73.2 Å². The van der Waals surface area contributed by atoms with Gasteiger partial charge < -0.3 is 24.7 Å². The number of piperazine rings is 1. The number of fused-ring (bicyclic) bond motifs is 3. The molecule has 7 heteroatoms. The molecule has 0 radical (unpaired) electrons. The molecule has 2 atom stereocenters. The van der Waals surface area contributed by atoms with E-state index < -0.39 is 6.09 Å². The van der Waals surface area contributed by atoms with Crippen LogP contribution in [0.15, 0.2) is 18.2 Å². The van der Waals surface area contributed by atoms with Crippen molar-refractivity contribution in [3.63, 3.8) is 0 Å². The maximum Gasteiger partial charge on any atom is 0.407 e. The Morgan fingerprint density at radius 3 is 2.95 bits per heavy atom. The molecule has 2 N–H and O–H groups in total. The van der Waals surface area contributed by atoms with Crippen LogP contribution in [-0.2, 0) is 0 Å². The van der Waals surface area contributed by atoms with Gasteiger partial charge in [-0.2, -0.15) is 0 Å². The summed E-state index contributed by atoms with van der Waals surface area (Å²) in [4.78, 5) is 14.7. The number of para-hydroxylation sites is 1. The van der Waals surface area contributed by atoms with Crippen LogP contribution in [0.25, 0.3) is 0 Å². The molecule has 1 aromatic carbocycles. The molecule has 3 rings (SSSR count). The summed E-state index contributed by atoms with van der Waals surface area (Å²) in [6.07, 6.45) is -0.732. The number of hydrogen-bond donors (Lipinski definition) is 2. The van der Waals surface area contributed by atoms with Crippen LogP contribution < -0.4 is 9.64 Å². The van der Waals surface area contributed by atoms with Crippen molar-refractivity contribution in [2.45, 2.75) is 18.6 Å².